The first kappa shape index (κ1) is 61.2. The van der Waals surface area contributed by atoms with Crippen molar-refractivity contribution in [3.63, 3.8) is 0 Å². The monoisotopic (exact) mass is 1230 g/mol. The highest BCUT2D eigenvalue weighted by molar-refractivity contribution is 7.90. The van der Waals surface area contributed by atoms with Gasteiger partial charge in [0.05, 0.1) is 39.3 Å². The molecule has 5 aliphatic rings. The molecule has 5 amide bonds. The first-order valence-corrected chi connectivity index (χ1v) is 31.6. The van der Waals surface area contributed by atoms with E-state index < -0.39 is 61.1 Å². The molecule has 2 atom stereocenters. The number of sulfonamides is 1. The van der Waals surface area contributed by atoms with E-state index in [2.05, 4.69) is 77.8 Å². The Kier molecular flexibility index (Phi) is 18.4. The number of hydrogen-bond donors (Lipinski definition) is 4. The zero-order valence-corrected chi connectivity index (χ0v) is 50.6. The van der Waals surface area contributed by atoms with Crippen molar-refractivity contribution in [3.05, 3.63) is 152 Å². The Hall–Kier alpha value is -8.46. The number of H-pyrrole nitrogens is 1. The van der Waals surface area contributed by atoms with Crippen LogP contribution in [0.25, 0.3) is 16.6 Å². The number of aromatic nitrogens is 2. The molecule has 3 saturated heterocycles. The molecule has 23 heteroatoms. The number of benzene rings is 4. The molecular formula is C65H69ClN10O11S. The Balaban J connectivity index is 0.675. The molecule has 4 aliphatic heterocycles. The number of aromatic amines is 1. The number of amides is 5. The van der Waals surface area contributed by atoms with Gasteiger partial charge in [-0.1, -0.05) is 61.1 Å². The number of imide groups is 2. The minimum absolute atomic E-state index is 0.0304. The average Bonchev–Trinajstić information content (AvgIpc) is 1.68. The van der Waals surface area contributed by atoms with Gasteiger partial charge in [0.25, 0.3) is 33.4 Å². The van der Waals surface area contributed by atoms with Crippen LogP contribution < -0.4 is 25.0 Å². The molecule has 0 spiro atoms. The number of allylic oxidation sites excluding steroid dienone is 1. The highest BCUT2D eigenvalue weighted by Gasteiger charge is 2.45. The van der Waals surface area contributed by atoms with Crippen LogP contribution in [-0.2, 0) is 24.3 Å². The Morgan fingerprint density at radius 2 is 1.74 bits per heavy atom. The Bertz CT molecular complexity index is 3920. The minimum Gasteiger partial charge on any atom is -0.455 e. The molecule has 0 saturated carbocycles. The maximum Gasteiger partial charge on any atom is 0.293 e. The molecule has 4 N–H and O–H groups in total. The van der Waals surface area contributed by atoms with Crippen molar-refractivity contribution in [1.29, 1.82) is 0 Å². The molecule has 2 unspecified atom stereocenters. The van der Waals surface area contributed by atoms with Crippen molar-refractivity contribution in [2.45, 2.75) is 82.6 Å². The predicted octanol–water partition coefficient (Wildman–Crippen LogP) is 9.20. The number of nitro groups is 1. The van der Waals surface area contributed by atoms with E-state index in [9.17, 15) is 42.5 Å². The topological polar surface area (TPSA) is 259 Å². The third-order valence-corrected chi connectivity index (χ3v) is 18.6. The van der Waals surface area contributed by atoms with Crippen molar-refractivity contribution < 1.29 is 46.8 Å². The van der Waals surface area contributed by atoms with Crippen LogP contribution in [0.1, 0.15) is 114 Å². The number of piperidine rings is 2. The summed E-state index contributed by atoms with van der Waals surface area (Å²) in [5.74, 6) is 3.34. The quantitative estimate of drug-likeness (QED) is 0.0183. The second-order valence-electron chi connectivity index (χ2n) is 23.8. The number of rotatable bonds is 20. The summed E-state index contributed by atoms with van der Waals surface area (Å²) in [5, 5.41) is 19.4. The molecule has 1 aliphatic carbocycles. The fraction of sp³-hybridized carbons (Fsp3) is 0.385. The summed E-state index contributed by atoms with van der Waals surface area (Å²) in [6.07, 6.45) is 9.36. The Morgan fingerprint density at radius 3 is 2.53 bits per heavy atom. The summed E-state index contributed by atoms with van der Waals surface area (Å²) >= 11 is 6.27. The first-order chi connectivity index (χ1) is 42.4. The van der Waals surface area contributed by atoms with Gasteiger partial charge < -0.3 is 29.6 Å². The van der Waals surface area contributed by atoms with Crippen molar-refractivity contribution >= 4 is 84.8 Å². The lowest BCUT2D eigenvalue weighted by Gasteiger charge is -2.39. The van der Waals surface area contributed by atoms with Crippen molar-refractivity contribution in [2.75, 3.05) is 82.3 Å². The molecule has 88 heavy (non-hydrogen) atoms. The third kappa shape index (κ3) is 14.1. The van der Waals surface area contributed by atoms with Crippen LogP contribution in [0.2, 0.25) is 5.02 Å². The normalized spacial score (nSPS) is 19.1. The second-order valence-corrected chi connectivity index (χ2v) is 25.9. The van der Waals surface area contributed by atoms with E-state index in [1.165, 1.54) is 47.2 Å². The van der Waals surface area contributed by atoms with E-state index in [4.69, 9.17) is 21.1 Å². The van der Waals surface area contributed by atoms with Gasteiger partial charge in [-0.15, -0.1) is 0 Å². The van der Waals surface area contributed by atoms with Crippen LogP contribution in [-0.4, -0.2) is 146 Å². The predicted molar refractivity (Wildman–Crippen MR) is 333 cm³/mol. The van der Waals surface area contributed by atoms with E-state index in [1.54, 1.807) is 36.5 Å². The Morgan fingerprint density at radius 1 is 0.920 bits per heavy atom. The number of nitrogens with one attached hydrogen (secondary N) is 4. The van der Waals surface area contributed by atoms with E-state index in [-0.39, 0.29) is 52.3 Å². The number of fused-ring (bicyclic) bond motifs is 2. The molecule has 2 aromatic heterocycles. The first-order valence-electron chi connectivity index (χ1n) is 29.8. The highest BCUT2D eigenvalue weighted by Crippen LogP contribution is 2.44. The zero-order chi connectivity index (χ0) is 61.7. The van der Waals surface area contributed by atoms with E-state index >= 15 is 0 Å². The summed E-state index contributed by atoms with van der Waals surface area (Å²) in [7, 11) is -4.65. The number of halogens is 1. The second kappa shape index (κ2) is 26.5. The summed E-state index contributed by atoms with van der Waals surface area (Å²) in [4.78, 5) is 91.7. The molecule has 0 radical (unpaired) electrons. The van der Waals surface area contributed by atoms with Gasteiger partial charge >= 0.3 is 0 Å². The number of hydrogen-bond acceptors (Lipinski definition) is 16. The van der Waals surface area contributed by atoms with Crippen LogP contribution >= 0.6 is 11.6 Å². The number of likely N-dealkylation sites (tertiary alicyclic amines) is 1. The molecule has 4 aromatic carbocycles. The lowest BCUT2D eigenvalue weighted by atomic mass is 9.72. The van der Waals surface area contributed by atoms with Gasteiger partial charge in [0.1, 0.15) is 28.9 Å². The molecule has 458 valence electrons. The van der Waals surface area contributed by atoms with Gasteiger partial charge in [0.15, 0.2) is 0 Å². The molecule has 11 rings (SSSR count). The summed E-state index contributed by atoms with van der Waals surface area (Å²) in [5.41, 5.74) is 6.01. The number of nitro benzene ring substituents is 1. The number of ether oxygens (including phenoxy) is 2. The maximum absolute atomic E-state index is 14.2. The minimum atomic E-state index is -4.65. The fourth-order valence-corrected chi connectivity index (χ4v) is 13.4. The summed E-state index contributed by atoms with van der Waals surface area (Å²) in [6, 6.07) is 24.1. The maximum atomic E-state index is 14.2. The van der Waals surface area contributed by atoms with Crippen LogP contribution in [0, 0.1) is 33.3 Å². The molecule has 6 heterocycles. The van der Waals surface area contributed by atoms with Crippen LogP contribution in [0.15, 0.2) is 114 Å². The van der Waals surface area contributed by atoms with E-state index in [1.807, 2.05) is 18.2 Å². The fourth-order valence-electron chi connectivity index (χ4n) is 12.3. The van der Waals surface area contributed by atoms with Crippen molar-refractivity contribution in [1.82, 2.24) is 34.7 Å². The summed E-state index contributed by atoms with van der Waals surface area (Å²) in [6.45, 7) is 12.0. The van der Waals surface area contributed by atoms with Crippen LogP contribution in [0.4, 0.5) is 17.1 Å². The van der Waals surface area contributed by atoms with E-state index in [0.29, 0.717) is 80.8 Å². The lowest BCUT2D eigenvalue weighted by molar-refractivity contribution is -0.384. The molecular weight excluding hydrogens is 1160 g/mol. The highest BCUT2D eigenvalue weighted by atomic mass is 35.5. The molecule has 21 nitrogen and oxygen atoms in total. The third-order valence-electron chi connectivity index (χ3n) is 17.1. The Labute approximate surface area is 515 Å². The smallest absolute Gasteiger partial charge is 0.293 e. The molecule has 0 bridgehead atoms. The van der Waals surface area contributed by atoms with Gasteiger partial charge in [-0.2, -0.15) is 0 Å². The van der Waals surface area contributed by atoms with Gasteiger partial charge in [-0.25, -0.2) is 18.1 Å². The number of nitrogens with zero attached hydrogens (tertiary/aromatic N) is 6. The van der Waals surface area contributed by atoms with Crippen LogP contribution in [0.5, 0.6) is 11.5 Å². The standard InChI is InChI=1S/C65H69ClN10O11S/c1-65(2)24-22-46(53(37-65)43-12-14-47(66)15-13-43)41-73-27-29-74(30-28-73)48-16-18-51(57(35-48)87-49-34-45-23-25-67-60(45)69-39-49)61(78)71-88(84,85)50-17-19-54(56(36-50)76(82)83)68-38-42-8-7-26-72(40-42)31-33-86-32-5-3-4-9-44-10-6-11-52-59(44)64(81)75(63(52)80)55-20-21-58(77)70-62(55)79/h6,10-19,23,25,34-36,39,42,55,68H,3,5,7-8,20-22,24,26-33,37-38,40-41H2,1-2H3,(H,67,69)(H,71,78)(H,70,77,79). The number of unbranched alkanes of at least 4 members (excludes halogenated alkanes) is 1. The molecule has 6 aromatic rings. The average molecular weight is 1230 g/mol. The SMILES string of the molecule is CC1(C)CCC(CN2CCN(c3ccc(C(=O)NS(=O)(=O)c4ccc(NCC5CCCN(CCOCCCC#Cc6cccc7c6C(=O)N(C6CCC(=O)NC6=O)C7=O)C5)c([N+](=O)[O-])c4)c(Oc4cnc5[nH]ccc5c4)c3)CC2)=C(c2ccc(Cl)cc2)C1. The van der Waals surface area contributed by atoms with Crippen molar-refractivity contribution in [2.24, 2.45) is 11.3 Å². The van der Waals surface area contributed by atoms with Gasteiger partial charge in [-0.3, -0.25) is 49.2 Å². The largest absolute Gasteiger partial charge is 0.455 e. The van der Waals surface area contributed by atoms with Gasteiger partial charge in [0.2, 0.25) is 11.8 Å². The number of carbonyl (C=O) groups is 5. The van der Waals surface area contributed by atoms with Crippen LogP contribution in [0.3, 0.4) is 0 Å². The lowest BCUT2D eigenvalue weighted by Crippen LogP contribution is -2.54. The van der Waals surface area contributed by atoms with Crippen molar-refractivity contribution in [3.8, 4) is 23.3 Å². The molecule has 3 fully saturated rings. The number of pyridine rings is 1. The summed E-state index contributed by atoms with van der Waals surface area (Å²) < 4.78 is 42.4. The zero-order valence-electron chi connectivity index (χ0n) is 49.1. The van der Waals surface area contributed by atoms with E-state index in [0.717, 1.165) is 80.3 Å². The number of carbonyl (C=O) groups excluding carboxylic acids is 5. The van der Waals surface area contributed by atoms with Gasteiger partial charge in [-0.05, 0) is 135 Å². The number of anilines is 2. The van der Waals surface area contributed by atoms with Gasteiger partial charge in [0, 0.05) is 112 Å². The number of piperazine rings is 1.